The number of hydrogen-bond acceptors (Lipinski definition) is 1. The van der Waals surface area contributed by atoms with Crippen molar-refractivity contribution in [3.8, 4) is 0 Å². The zero-order chi connectivity index (χ0) is 12.0. The summed E-state index contributed by atoms with van der Waals surface area (Å²) in [6.45, 7) is 6.48. The molecule has 0 fully saturated rings. The fourth-order valence-electron chi connectivity index (χ4n) is 1.84. The zero-order valence-corrected chi connectivity index (χ0v) is 11.5. The second-order valence-electron chi connectivity index (χ2n) is 3.89. The van der Waals surface area contributed by atoms with Gasteiger partial charge in [0.15, 0.2) is 0 Å². The Labute approximate surface area is 108 Å². The van der Waals surface area contributed by atoms with Crippen molar-refractivity contribution in [2.45, 2.75) is 32.6 Å². The van der Waals surface area contributed by atoms with Crippen LogP contribution in [0.3, 0.4) is 0 Å². The lowest BCUT2D eigenvalue weighted by atomic mass is 10.1. The highest BCUT2D eigenvalue weighted by molar-refractivity contribution is 6.31. The molecule has 0 aliphatic heterocycles. The predicted octanol–water partition coefficient (Wildman–Crippen LogP) is 4.71. The Morgan fingerprint density at radius 3 is 2.25 bits per heavy atom. The first-order chi connectivity index (χ1) is 7.72. The predicted molar refractivity (Wildman–Crippen MR) is 73.8 cm³/mol. The summed E-state index contributed by atoms with van der Waals surface area (Å²) in [5.41, 5.74) is 2.35. The molecule has 0 amide bonds. The Balaban J connectivity index is 3.00. The van der Waals surface area contributed by atoms with Crippen LogP contribution in [0.2, 0.25) is 5.02 Å². The SMILES string of the molecule is CCCN(CCC)c1cc(Cl)ccc1CCl. The largest absolute Gasteiger partial charge is 0.371 e. The van der Waals surface area contributed by atoms with Crippen LogP contribution in [0.5, 0.6) is 0 Å². The molecule has 1 aromatic carbocycles. The van der Waals surface area contributed by atoms with Crippen LogP contribution in [-0.4, -0.2) is 13.1 Å². The number of nitrogens with zero attached hydrogens (tertiary/aromatic N) is 1. The Hall–Kier alpha value is -0.400. The Morgan fingerprint density at radius 1 is 1.12 bits per heavy atom. The van der Waals surface area contributed by atoms with Gasteiger partial charge in [-0.05, 0) is 30.5 Å². The highest BCUT2D eigenvalue weighted by Gasteiger charge is 2.09. The summed E-state index contributed by atoms with van der Waals surface area (Å²) in [6.07, 6.45) is 2.27. The molecule has 0 atom stereocenters. The molecule has 0 saturated carbocycles. The van der Waals surface area contributed by atoms with E-state index < -0.39 is 0 Å². The van der Waals surface area contributed by atoms with Crippen LogP contribution in [0.25, 0.3) is 0 Å². The second kappa shape index (κ2) is 7.03. The molecule has 1 nitrogen and oxygen atoms in total. The van der Waals surface area contributed by atoms with E-state index in [1.54, 1.807) is 0 Å². The first kappa shape index (κ1) is 13.7. The van der Waals surface area contributed by atoms with Crippen molar-refractivity contribution in [3.63, 3.8) is 0 Å². The van der Waals surface area contributed by atoms with Gasteiger partial charge < -0.3 is 4.90 Å². The minimum Gasteiger partial charge on any atom is -0.371 e. The molecular weight excluding hydrogens is 241 g/mol. The summed E-state index contributed by atoms with van der Waals surface area (Å²) in [4.78, 5) is 2.36. The van der Waals surface area contributed by atoms with Crippen molar-refractivity contribution in [1.29, 1.82) is 0 Å². The maximum atomic E-state index is 6.05. The van der Waals surface area contributed by atoms with E-state index in [0.29, 0.717) is 5.88 Å². The van der Waals surface area contributed by atoms with Gasteiger partial charge in [-0.15, -0.1) is 11.6 Å². The van der Waals surface area contributed by atoms with E-state index in [0.717, 1.165) is 36.5 Å². The van der Waals surface area contributed by atoms with Crippen LogP contribution in [0, 0.1) is 0 Å². The molecule has 1 aromatic rings. The summed E-state index contributed by atoms with van der Waals surface area (Å²) in [5.74, 6) is 0.538. The number of benzene rings is 1. The number of anilines is 1. The van der Waals surface area contributed by atoms with E-state index in [4.69, 9.17) is 23.2 Å². The molecule has 0 spiro atoms. The van der Waals surface area contributed by atoms with Crippen molar-refractivity contribution in [2.75, 3.05) is 18.0 Å². The number of halogens is 2. The Kier molecular flexibility index (Phi) is 6.00. The van der Waals surface area contributed by atoms with Gasteiger partial charge in [0, 0.05) is 29.7 Å². The van der Waals surface area contributed by atoms with Crippen LogP contribution in [0.4, 0.5) is 5.69 Å². The molecule has 90 valence electrons. The molecule has 0 aliphatic carbocycles. The van der Waals surface area contributed by atoms with Crippen molar-refractivity contribution in [3.05, 3.63) is 28.8 Å². The topological polar surface area (TPSA) is 3.24 Å². The molecule has 3 heteroatoms. The van der Waals surface area contributed by atoms with Crippen LogP contribution in [0.15, 0.2) is 18.2 Å². The van der Waals surface area contributed by atoms with Gasteiger partial charge in [-0.2, -0.15) is 0 Å². The van der Waals surface area contributed by atoms with Gasteiger partial charge in [0.05, 0.1) is 0 Å². The summed E-state index contributed by atoms with van der Waals surface area (Å²) in [5, 5.41) is 0.779. The van der Waals surface area contributed by atoms with Crippen LogP contribution >= 0.6 is 23.2 Å². The van der Waals surface area contributed by atoms with E-state index in [1.165, 1.54) is 5.69 Å². The van der Waals surface area contributed by atoms with Crippen molar-refractivity contribution >= 4 is 28.9 Å². The second-order valence-corrected chi connectivity index (χ2v) is 4.60. The molecule has 0 unspecified atom stereocenters. The minimum absolute atomic E-state index is 0.538. The number of rotatable bonds is 6. The molecule has 0 radical (unpaired) electrons. The van der Waals surface area contributed by atoms with E-state index in [2.05, 4.69) is 18.7 Å². The smallest absolute Gasteiger partial charge is 0.0494 e. The monoisotopic (exact) mass is 259 g/mol. The summed E-state index contributed by atoms with van der Waals surface area (Å²) in [7, 11) is 0. The zero-order valence-electron chi connectivity index (χ0n) is 9.97. The van der Waals surface area contributed by atoms with Gasteiger partial charge in [-0.1, -0.05) is 31.5 Å². The normalized spacial score (nSPS) is 10.5. The van der Waals surface area contributed by atoms with Gasteiger partial charge >= 0.3 is 0 Å². The van der Waals surface area contributed by atoms with Gasteiger partial charge in [0.1, 0.15) is 0 Å². The average Bonchev–Trinajstić information content (AvgIpc) is 2.29. The molecule has 1 rings (SSSR count). The van der Waals surface area contributed by atoms with Crippen LogP contribution in [-0.2, 0) is 5.88 Å². The van der Waals surface area contributed by atoms with Crippen molar-refractivity contribution in [1.82, 2.24) is 0 Å². The van der Waals surface area contributed by atoms with Gasteiger partial charge in [0.2, 0.25) is 0 Å². The van der Waals surface area contributed by atoms with Crippen LogP contribution < -0.4 is 4.90 Å². The highest BCUT2D eigenvalue weighted by Crippen LogP contribution is 2.26. The molecule has 16 heavy (non-hydrogen) atoms. The fraction of sp³-hybridized carbons (Fsp3) is 0.538. The van der Waals surface area contributed by atoms with E-state index in [9.17, 15) is 0 Å². The quantitative estimate of drug-likeness (QED) is 0.670. The summed E-state index contributed by atoms with van der Waals surface area (Å²) >= 11 is 12.0. The summed E-state index contributed by atoms with van der Waals surface area (Å²) in [6, 6.07) is 5.94. The molecule has 0 aromatic heterocycles. The first-order valence-corrected chi connectivity index (χ1v) is 6.73. The first-order valence-electron chi connectivity index (χ1n) is 5.82. The Bertz CT molecular complexity index is 320. The van der Waals surface area contributed by atoms with Gasteiger partial charge in [0.25, 0.3) is 0 Å². The Morgan fingerprint density at radius 2 is 1.75 bits per heavy atom. The third-order valence-electron chi connectivity index (χ3n) is 2.52. The van der Waals surface area contributed by atoms with E-state index >= 15 is 0 Å². The van der Waals surface area contributed by atoms with Crippen molar-refractivity contribution < 1.29 is 0 Å². The fourth-order valence-corrected chi connectivity index (χ4v) is 2.23. The van der Waals surface area contributed by atoms with E-state index in [1.807, 2.05) is 18.2 Å². The number of hydrogen-bond donors (Lipinski definition) is 0. The van der Waals surface area contributed by atoms with Gasteiger partial charge in [-0.25, -0.2) is 0 Å². The van der Waals surface area contributed by atoms with Gasteiger partial charge in [-0.3, -0.25) is 0 Å². The lowest BCUT2D eigenvalue weighted by Gasteiger charge is -2.26. The van der Waals surface area contributed by atoms with Crippen molar-refractivity contribution in [2.24, 2.45) is 0 Å². The van der Waals surface area contributed by atoms with Crippen LogP contribution in [0.1, 0.15) is 32.3 Å². The standard InChI is InChI=1S/C13H19Cl2N/c1-3-7-16(8-4-2)13-9-12(15)6-5-11(13)10-14/h5-6,9H,3-4,7-8,10H2,1-2H3. The molecular formula is C13H19Cl2N. The third-order valence-corrected chi connectivity index (χ3v) is 3.04. The minimum atomic E-state index is 0.538. The molecule has 0 aliphatic rings. The lowest BCUT2D eigenvalue weighted by Crippen LogP contribution is -2.25. The third kappa shape index (κ3) is 3.57. The molecule has 0 N–H and O–H groups in total. The molecule has 0 saturated heterocycles. The maximum absolute atomic E-state index is 6.05. The average molecular weight is 260 g/mol. The lowest BCUT2D eigenvalue weighted by molar-refractivity contribution is 0.742. The molecule has 0 bridgehead atoms. The van der Waals surface area contributed by atoms with E-state index in [-0.39, 0.29) is 0 Å². The maximum Gasteiger partial charge on any atom is 0.0494 e. The number of alkyl halides is 1. The summed E-state index contributed by atoms with van der Waals surface area (Å²) < 4.78 is 0. The molecule has 0 heterocycles. The highest BCUT2D eigenvalue weighted by atomic mass is 35.5.